The summed E-state index contributed by atoms with van der Waals surface area (Å²) in [5.41, 5.74) is 2.97. The number of fused-ring (bicyclic) bond motifs is 3. The van der Waals surface area contributed by atoms with Crippen molar-refractivity contribution >= 4 is 11.7 Å². The number of para-hydroxylation sites is 1. The lowest BCUT2D eigenvalue weighted by atomic mass is 9.39. The van der Waals surface area contributed by atoms with Gasteiger partial charge in [0.25, 0.3) is 0 Å². The van der Waals surface area contributed by atoms with Crippen LogP contribution in [-0.2, 0) is 14.9 Å². The van der Waals surface area contributed by atoms with Crippen molar-refractivity contribution < 1.29 is 9.53 Å². The third-order valence-electron chi connectivity index (χ3n) is 8.60. The molecule has 2 bridgehead atoms. The normalized spacial score (nSPS) is 46.1. The highest BCUT2D eigenvalue weighted by atomic mass is 16.5. The van der Waals surface area contributed by atoms with Crippen molar-refractivity contribution in [2.45, 2.75) is 55.5 Å². The van der Waals surface area contributed by atoms with E-state index in [2.05, 4.69) is 34.5 Å². The first-order valence-electron chi connectivity index (χ1n) is 9.87. The zero-order valence-corrected chi connectivity index (χ0v) is 14.9. The second-order valence-electron chi connectivity index (χ2n) is 9.05. The van der Waals surface area contributed by atoms with E-state index in [9.17, 15) is 4.79 Å². The van der Waals surface area contributed by atoms with Crippen LogP contribution >= 0.6 is 0 Å². The van der Waals surface area contributed by atoms with Gasteiger partial charge in [0.2, 0.25) is 0 Å². The van der Waals surface area contributed by atoms with E-state index in [4.69, 9.17) is 4.74 Å². The third-order valence-corrected chi connectivity index (χ3v) is 8.60. The summed E-state index contributed by atoms with van der Waals surface area (Å²) >= 11 is 0. The topological polar surface area (TPSA) is 41.6 Å². The zero-order valence-electron chi connectivity index (χ0n) is 14.9. The molecule has 3 saturated carbocycles. The Kier molecular flexibility index (Phi) is 2.57. The molecule has 3 aliphatic carbocycles. The summed E-state index contributed by atoms with van der Waals surface area (Å²) < 4.78 is 5.33. The molecule has 1 aromatic carbocycles. The summed E-state index contributed by atoms with van der Waals surface area (Å²) in [4.78, 5) is 15.7. The fraction of sp³-hybridized carbons (Fsp3) is 0.667. The first-order chi connectivity index (χ1) is 12.2. The van der Waals surface area contributed by atoms with Crippen molar-refractivity contribution in [3.05, 3.63) is 29.8 Å². The Bertz CT molecular complexity index is 779. The standard InChI is InChI=1S/C21H26N2O2/c1-25-17(24)15-13-19-7-4-11-23-12-10-20(18(19)23)14-5-2-3-6-16(14)22-21(15,20)9-8-19/h2-3,5-6,15,18,22H,4,7-13H2,1H3/t15-,18-,19-,20+,21-/m0/s1. The summed E-state index contributed by atoms with van der Waals surface area (Å²) in [6.07, 6.45) is 7.10. The monoisotopic (exact) mass is 338 g/mol. The Labute approximate surface area is 148 Å². The van der Waals surface area contributed by atoms with Gasteiger partial charge in [-0.05, 0) is 68.7 Å². The minimum Gasteiger partial charge on any atom is -0.469 e. The Morgan fingerprint density at radius 3 is 2.96 bits per heavy atom. The maximum absolute atomic E-state index is 12.9. The predicted octanol–water partition coefficient (Wildman–Crippen LogP) is 2.93. The maximum Gasteiger partial charge on any atom is 0.311 e. The van der Waals surface area contributed by atoms with Crippen molar-refractivity contribution in [3.8, 4) is 0 Å². The quantitative estimate of drug-likeness (QED) is 0.800. The largest absolute Gasteiger partial charge is 0.469 e. The molecule has 2 saturated heterocycles. The number of methoxy groups -OCH3 is 1. The van der Waals surface area contributed by atoms with Gasteiger partial charge in [-0.15, -0.1) is 0 Å². The number of hydrogen-bond donors (Lipinski definition) is 1. The number of nitrogens with zero attached hydrogens (tertiary/aromatic N) is 1. The van der Waals surface area contributed by atoms with Crippen LogP contribution in [0, 0.1) is 11.3 Å². The molecular formula is C21H26N2O2. The van der Waals surface area contributed by atoms with Gasteiger partial charge in [-0.2, -0.15) is 0 Å². The van der Waals surface area contributed by atoms with Crippen molar-refractivity contribution in [3.63, 3.8) is 0 Å². The van der Waals surface area contributed by atoms with E-state index in [-0.39, 0.29) is 22.8 Å². The van der Waals surface area contributed by atoms with Crippen LogP contribution in [0.25, 0.3) is 0 Å². The highest BCUT2D eigenvalue weighted by Crippen LogP contribution is 2.74. The average Bonchev–Trinajstić information content (AvgIpc) is 3.19. The summed E-state index contributed by atoms with van der Waals surface area (Å²) in [6, 6.07) is 9.45. The SMILES string of the molecule is COC(=O)[C@@H]1C[C@]23CCCN4CC[C@@]5(c6ccccc6N[C@@]15CC2)[C@@H]43. The average molecular weight is 338 g/mol. The molecule has 7 rings (SSSR count). The molecule has 3 aliphatic heterocycles. The summed E-state index contributed by atoms with van der Waals surface area (Å²) in [7, 11) is 1.56. The van der Waals surface area contributed by atoms with E-state index >= 15 is 0 Å². The van der Waals surface area contributed by atoms with Gasteiger partial charge in [-0.25, -0.2) is 0 Å². The van der Waals surface area contributed by atoms with Gasteiger partial charge >= 0.3 is 5.97 Å². The molecule has 5 atom stereocenters. The van der Waals surface area contributed by atoms with Crippen molar-refractivity contribution in [2.24, 2.45) is 11.3 Å². The van der Waals surface area contributed by atoms with Gasteiger partial charge in [0.05, 0.1) is 18.6 Å². The Balaban J connectivity index is 1.65. The van der Waals surface area contributed by atoms with Crippen molar-refractivity contribution in [2.75, 3.05) is 25.5 Å². The van der Waals surface area contributed by atoms with E-state index < -0.39 is 0 Å². The minimum absolute atomic E-state index is 0.00114. The molecule has 0 amide bonds. The summed E-state index contributed by atoms with van der Waals surface area (Å²) in [5, 5.41) is 3.92. The van der Waals surface area contributed by atoms with Crippen LogP contribution in [0.2, 0.25) is 0 Å². The van der Waals surface area contributed by atoms with E-state index in [1.807, 2.05) is 0 Å². The number of anilines is 1. The van der Waals surface area contributed by atoms with Crippen LogP contribution in [0.3, 0.4) is 0 Å². The van der Waals surface area contributed by atoms with Gasteiger partial charge in [-0.1, -0.05) is 18.2 Å². The van der Waals surface area contributed by atoms with Crippen molar-refractivity contribution in [1.29, 1.82) is 0 Å². The molecule has 6 aliphatic rings. The molecule has 25 heavy (non-hydrogen) atoms. The number of rotatable bonds is 1. The van der Waals surface area contributed by atoms with Gasteiger partial charge in [0.15, 0.2) is 0 Å². The van der Waals surface area contributed by atoms with Crippen LogP contribution in [0.5, 0.6) is 0 Å². The third kappa shape index (κ3) is 1.38. The molecule has 1 aromatic rings. The summed E-state index contributed by atoms with van der Waals surface area (Å²) in [5.74, 6) is -0.0193. The molecule has 3 heterocycles. The highest BCUT2D eigenvalue weighted by Gasteiger charge is 2.78. The Morgan fingerprint density at radius 1 is 1.20 bits per heavy atom. The van der Waals surface area contributed by atoms with Crippen LogP contribution in [0.1, 0.15) is 44.1 Å². The zero-order chi connectivity index (χ0) is 16.9. The van der Waals surface area contributed by atoms with Crippen LogP contribution in [0.15, 0.2) is 24.3 Å². The number of nitrogens with one attached hydrogen (secondary N) is 1. The second-order valence-corrected chi connectivity index (χ2v) is 9.05. The molecule has 0 unspecified atom stereocenters. The first-order valence-corrected chi connectivity index (χ1v) is 9.87. The lowest BCUT2D eigenvalue weighted by Crippen LogP contribution is -2.76. The number of esters is 1. The van der Waals surface area contributed by atoms with Gasteiger partial charge in [-0.3, -0.25) is 9.69 Å². The van der Waals surface area contributed by atoms with Gasteiger partial charge in [0, 0.05) is 17.1 Å². The lowest BCUT2D eigenvalue weighted by molar-refractivity contribution is -0.171. The van der Waals surface area contributed by atoms with E-state index in [0.29, 0.717) is 11.5 Å². The smallest absolute Gasteiger partial charge is 0.311 e. The number of carbonyl (C=O) groups excluding carboxylic acids is 1. The molecule has 5 fully saturated rings. The first kappa shape index (κ1) is 14.6. The number of benzene rings is 1. The fourth-order valence-electron chi connectivity index (χ4n) is 8.03. The number of hydrogen-bond acceptors (Lipinski definition) is 4. The number of carbonyl (C=O) groups is 1. The molecule has 0 radical (unpaired) electrons. The number of ether oxygens (including phenoxy) is 1. The molecule has 4 heteroatoms. The van der Waals surface area contributed by atoms with E-state index in [1.165, 1.54) is 50.0 Å². The molecule has 132 valence electrons. The number of piperidine rings is 1. The molecule has 1 N–H and O–H groups in total. The summed E-state index contributed by atoms with van der Waals surface area (Å²) in [6.45, 7) is 2.41. The van der Waals surface area contributed by atoms with Gasteiger partial charge < -0.3 is 10.1 Å². The van der Waals surface area contributed by atoms with Crippen LogP contribution in [0.4, 0.5) is 5.69 Å². The van der Waals surface area contributed by atoms with E-state index in [0.717, 1.165) is 12.8 Å². The molecule has 4 nitrogen and oxygen atoms in total. The van der Waals surface area contributed by atoms with Gasteiger partial charge in [0.1, 0.15) is 0 Å². The molecular weight excluding hydrogens is 312 g/mol. The second kappa shape index (κ2) is 4.40. The maximum atomic E-state index is 12.9. The molecule has 3 spiro atoms. The van der Waals surface area contributed by atoms with E-state index in [1.54, 1.807) is 7.11 Å². The van der Waals surface area contributed by atoms with Crippen LogP contribution < -0.4 is 5.32 Å². The fourth-order valence-corrected chi connectivity index (χ4v) is 8.03. The highest BCUT2D eigenvalue weighted by molar-refractivity contribution is 5.80. The Morgan fingerprint density at radius 2 is 2.08 bits per heavy atom. The Hall–Kier alpha value is -1.55. The lowest BCUT2D eigenvalue weighted by Gasteiger charge is -2.69. The minimum atomic E-state index is -0.151. The van der Waals surface area contributed by atoms with Crippen LogP contribution in [-0.4, -0.2) is 42.6 Å². The molecule has 0 aromatic heterocycles. The predicted molar refractivity (Wildman–Crippen MR) is 95.5 cm³/mol. The van der Waals surface area contributed by atoms with Crippen molar-refractivity contribution in [1.82, 2.24) is 4.90 Å².